The van der Waals surface area contributed by atoms with E-state index in [1.165, 1.54) is 0 Å². The summed E-state index contributed by atoms with van der Waals surface area (Å²) in [6, 6.07) is 5.64. The van der Waals surface area contributed by atoms with Crippen molar-refractivity contribution in [2.75, 3.05) is 0 Å². The number of fused-ring (bicyclic) bond motifs is 1. The predicted molar refractivity (Wildman–Crippen MR) is 70.9 cm³/mol. The maximum Gasteiger partial charge on any atom is 0.124 e. The second-order valence-electron chi connectivity index (χ2n) is 3.51. The van der Waals surface area contributed by atoms with Crippen molar-refractivity contribution >= 4 is 38.6 Å². The van der Waals surface area contributed by atoms with Crippen molar-refractivity contribution < 1.29 is 0 Å². The van der Waals surface area contributed by atoms with Crippen LogP contribution in [0, 0.1) is 12.3 Å². The first-order chi connectivity index (χ1) is 7.63. The molecule has 0 saturated heterocycles. The van der Waals surface area contributed by atoms with Crippen molar-refractivity contribution in [1.82, 2.24) is 9.55 Å². The van der Waals surface area contributed by atoms with Gasteiger partial charge in [0.25, 0.3) is 0 Å². The van der Waals surface area contributed by atoms with Crippen LogP contribution in [0.15, 0.2) is 18.2 Å². The molecule has 1 atom stereocenters. The van der Waals surface area contributed by atoms with E-state index in [0.29, 0.717) is 11.6 Å². The highest BCUT2D eigenvalue weighted by atomic mass is 79.9. The summed E-state index contributed by atoms with van der Waals surface area (Å²) in [5.74, 6) is 3.57. The SMILES string of the molecule is C#CCn1c(C(C)Br)nc2cc(Cl)ccc21. The molecule has 2 rings (SSSR count). The molecule has 1 aromatic carbocycles. The first-order valence-corrected chi connectivity index (χ1v) is 6.16. The van der Waals surface area contributed by atoms with Crippen LogP contribution in [0.2, 0.25) is 5.02 Å². The van der Waals surface area contributed by atoms with Crippen LogP contribution in [0.4, 0.5) is 0 Å². The quantitative estimate of drug-likeness (QED) is 0.609. The average molecular weight is 298 g/mol. The molecule has 1 heterocycles. The van der Waals surface area contributed by atoms with E-state index in [1.807, 2.05) is 29.7 Å². The van der Waals surface area contributed by atoms with Crippen LogP contribution < -0.4 is 0 Å². The summed E-state index contributed by atoms with van der Waals surface area (Å²) in [5, 5.41) is 0.687. The molecule has 82 valence electrons. The highest BCUT2D eigenvalue weighted by Gasteiger charge is 2.13. The van der Waals surface area contributed by atoms with Gasteiger partial charge in [0.2, 0.25) is 0 Å². The number of hydrogen-bond acceptors (Lipinski definition) is 1. The number of halogens is 2. The lowest BCUT2D eigenvalue weighted by atomic mass is 10.3. The zero-order chi connectivity index (χ0) is 11.7. The van der Waals surface area contributed by atoms with Crippen molar-refractivity contribution in [3.63, 3.8) is 0 Å². The summed E-state index contributed by atoms with van der Waals surface area (Å²) in [5.41, 5.74) is 1.90. The molecule has 16 heavy (non-hydrogen) atoms. The molecule has 0 saturated carbocycles. The van der Waals surface area contributed by atoms with Crippen molar-refractivity contribution in [2.45, 2.75) is 18.3 Å². The van der Waals surface area contributed by atoms with Gasteiger partial charge in [0.15, 0.2) is 0 Å². The molecule has 0 aliphatic heterocycles. The Balaban J connectivity index is 2.71. The van der Waals surface area contributed by atoms with E-state index in [-0.39, 0.29) is 4.83 Å². The molecule has 0 aliphatic rings. The van der Waals surface area contributed by atoms with Crippen LogP contribution in [-0.2, 0) is 6.54 Å². The number of nitrogens with zero attached hydrogens (tertiary/aromatic N) is 2. The van der Waals surface area contributed by atoms with Gasteiger partial charge in [-0.15, -0.1) is 6.42 Å². The first-order valence-electron chi connectivity index (χ1n) is 4.86. The monoisotopic (exact) mass is 296 g/mol. The third kappa shape index (κ3) is 1.95. The lowest BCUT2D eigenvalue weighted by molar-refractivity contribution is 0.779. The Morgan fingerprint density at radius 1 is 1.62 bits per heavy atom. The smallest absolute Gasteiger partial charge is 0.124 e. The van der Waals surface area contributed by atoms with E-state index in [9.17, 15) is 0 Å². The number of terminal acetylenes is 1. The average Bonchev–Trinajstić information content (AvgIpc) is 2.57. The topological polar surface area (TPSA) is 17.8 Å². The van der Waals surface area contributed by atoms with Crippen LogP contribution in [0.5, 0.6) is 0 Å². The van der Waals surface area contributed by atoms with Crippen molar-refractivity contribution in [2.24, 2.45) is 0 Å². The van der Waals surface area contributed by atoms with E-state index in [0.717, 1.165) is 16.9 Å². The van der Waals surface area contributed by atoms with Gasteiger partial charge in [-0.3, -0.25) is 0 Å². The highest BCUT2D eigenvalue weighted by molar-refractivity contribution is 9.09. The number of benzene rings is 1. The fourth-order valence-electron chi connectivity index (χ4n) is 1.68. The third-order valence-electron chi connectivity index (χ3n) is 2.34. The number of hydrogen-bond donors (Lipinski definition) is 0. The van der Waals surface area contributed by atoms with Crippen LogP contribution in [0.1, 0.15) is 17.6 Å². The maximum atomic E-state index is 5.94. The van der Waals surface area contributed by atoms with Crippen LogP contribution >= 0.6 is 27.5 Å². The zero-order valence-corrected chi connectivity index (χ0v) is 11.1. The lowest BCUT2D eigenvalue weighted by Gasteiger charge is -2.06. The summed E-state index contributed by atoms with van der Waals surface area (Å²) in [7, 11) is 0. The first kappa shape index (κ1) is 11.5. The molecule has 1 aromatic heterocycles. The van der Waals surface area contributed by atoms with Gasteiger partial charge in [-0.1, -0.05) is 33.5 Å². The number of imidazole rings is 1. The standard InChI is InChI=1S/C12H10BrClN2/c1-3-6-16-11-5-4-9(14)7-10(11)15-12(16)8(2)13/h1,4-5,7-8H,6H2,2H3. The Morgan fingerprint density at radius 3 is 3.00 bits per heavy atom. The Morgan fingerprint density at radius 2 is 2.38 bits per heavy atom. The molecule has 0 N–H and O–H groups in total. The summed E-state index contributed by atoms with van der Waals surface area (Å²) in [6.07, 6.45) is 5.37. The van der Waals surface area contributed by atoms with E-state index in [1.54, 1.807) is 0 Å². The Kier molecular flexibility index (Phi) is 3.22. The second kappa shape index (κ2) is 4.48. The summed E-state index contributed by atoms with van der Waals surface area (Å²) >= 11 is 9.45. The molecule has 0 amide bonds. The molecule has 0 fully saturated rings. The van der Waals surface area contributed by atoms with Crippen molar-refractivity contribution in [3.8, 4) is 12.3 Å². The zero-order valence-electron chi connectivity index (χ0n) is 8.74. The molecule has 2 aromatic rings. The van der Waals surface area contributed by atoms with Crippen LogP contribution in [-0.4, -0.2) is 9.55 Å². The molecule has 4 heteroatoms. The summed E-state index contributed by atoms with van der Waals surface area (Å²) in [4.78, 5) is 4.69. The van der Waals surface area contributed by atoms with Crippen LogP contribution in [0.3, 0.4) is 0 Å². The molecule has 1 unspecified atom stereocenters. The minimum atomic E-state index is 0.159. The molecular weight excluding hydrogens is 288 g/mol. The number of rotatable bonds is 2. The van der Waals surface area contributed by atoms with Gasteiger partial charge in [0.1, 0.15) is 5.82 Å². The van der Waals surface area contributed by atoms with E-state index in [2.05, 4.69) is 26.8 Å². The van der Waals surface area contributed by atoms with Gasteiger partial charge >= 0.3 is 0 Å². The van der Waals surface area contributed by atoms with Gasteiger partial charge < -0.3 is 4.57 Å². The number of alkyl halides is 1. The van der Waals surface area contributed by atoms with Crippen LogP contribution in [0.25, 0.3) is 11.0 Å². The Labute approximate surface area is 108 Å². The van der Waals surface area contributed by atoms with Crippen molar-refractivity contribution in [3.05, 3.63) is 29.0 Å². The minimum Gasteiger partial charge on any atom is -0.315 e. The van der Waals surface area contributed by atoms with E-state index >= 15 is 0 Å². The molecule has 0 bridgehead atoms. The summed E-state index contributed by atoms with van der Waals surface area (Å²) in [6.45, 7) is 2.54. The fraction of sp³-hybridized carbons (Fsp3) is 0.250. The molecule has 2 nitrogen and oxygen atoms in total. The largest absolute Gasteiger partial charge is 0.315 e. The Bertz CT molecular complexity index is 566. The number of aromatic nitrogens is 2. The Hall–Kier alpha value is -0.980. The fourth-order valence-corrected chi connectivity index (χ4v) is 2.20. The van der Waals surface area contributed by atoms with Gasteiger partial charge in [0.05, 0.1) is 22.4 Å². The lowest BCUT2D eigenvalue weighted by Crippen LogP contribution is -2.02. The molecular formula is C12H10BrClN2. The third-order valence-corrected chi connectivity index (χ3v) is 2.99. The molecule has 0 aliphatic carbocycles. The van der Waals surface area contributed by atoms with Gasteiger partial charge in [-0.05, 0) is 25.1 Å². The highest BCUT2D eigenvalue weighted by Crippen LogP contribution is 2.27. The van der Waals surface area contributed by atoms with Gasteiger partial charge in [-0.25, -0.2) is 4.98 Å². The predicted octanol–water partition coefficient (Wildman–Crippen LogP) is 3.78. The van der Waals surface area contributed by atoms with Gasteiger partial charge in [-0.2, -0.15) is 0 Å². The normalized spacial score (nSPS) is 12.6. The minimum absolute atomic E-state index is 0.159. The maximum absolute atomic E-state index is 5.94. The van der Waals surface area contributed by atoms with Gasteiger partial charge in [0, 0.05) is 5.02 Å². The van der Waals surface area contributed by atoms with E-state index in [4.69, 9.17) is 18.0 Å². The van der Waals surface area contributed by atoms with E-state index < -0.39 is 0 Å². The molecule has 0 radical (unpaired) electrons. The summed E-state index contributed by atoms with van der Waals surface area (Å²) < 4.78 is 2.02. The molecule has 0 spiro atoms. The van der Waals surface area contributed by atoms with Crippen molar-refractivity contribution in [1.29, 1.82) is 0 Å². The second-order valence-corrected chi connectivity index (χ2v) is 5.32.